The van der Waals surface area contributed by atoms with E-state index in [0.717, 1.165) is 5.56 Å². The summed E-state index contributed by atoms with van der Waals surface area (Å²) in [4.78, 5) is 0. The first-order valence-corrected chi connectivity index (χ1v) is 8.55. The van der Waals surface area contributed by atoms with Crippen LogP contribution in [-0.4, -0.2) is 32.5 Å². The smallest absolute Gasteiger partial charge is 0.154 e. The number of halogens is 2. The van der Waals surface area contributed by atoms with Crippen molar-refractivity contribution in [2.45, 2.75) is 31.1 Å². The fourth-order valence-corrected chi connectivity index (χ4v) is 2.89. The van der Waals surface area contributed by atoms with E-state index in [1.54, 1.807) is 33.0 Å². The van der Waals surface area contributed by atoms with Gasteiger partial charge in [-0.15, -0.1) is 0 Å². The summed E-state index contributed by atoms with van der Waals surface area (Å²) in [5, 5.41) is 4.05. The molecule has 0 fully saturated rings. The van der Waals surface area contributed by atoms with Gasteiger partial charge in [0.1, 0.15) is 0 Å². The minimum atomic E-state index is -3.17. The third-order valence-corrected chi connectivity index (χ3v) is 6.50. The van der Waals surface area contributed by atoms with Gasteiger partial charge in [-0.05, 0) is 45.0 Å². The van der Waals surface area contributed by atoms with Crippen LogP contribution in [0.3, 0.4) is 0 Å². The van der Waals surface area contributed by atoms with Crippen molar-refractivity contribution >= 4 is 33.0 Å². The van der Waals surface area contributed by atoms with E-state index in [2.05, 4.69) is 5.32 Å². The van der Waals surface area contributed by atoms with Gasteiger partial charge in [0.2, 0.25) is 0 Å². The minimum absolute atomic E-state index is 0.209. The molecule has 1 aromatic carbocycles. The van der Waals surface area contributed by atoms with E-state index in [-0.39, 0.29) is 6.04 Å². The van der Waals surface area contributed by atoms with E-state index in [1.165, 1.54) is 6.26 Å². The predicted molar refractivity (Wildman–Crippen MR) is 81.9 cm³/mol. The quantitative estimate of drug-likeness (QED) is 0.906. The Kier molecular flexibility index (Phi) is 5.29. The second kappa shape index (κ2) is 6.00. The lowest BCUT2D eigenvalue weighted by molar-refractivity contribution is 0.431. The Morgan fingerprint density at radius 2 is 1.84 bits per heavy atom. The SMILES string of the molecule is CNC(Cc1ccc(Cl)c(Cl)c1)C(C)(C)S(C)(=O)=O. The molecule has 0 heterocycles. The van der Waals surface area contributed by atoms with Gasteiger partial charge >= 0.3 is 0 Å². The second-order valence-electron chi connectivity index (χ2n) is 5.17. The monoisotopic (exact) mass is 323 g/mol. The average Bonchev–Trinajstić information content (AvgIpc) is 2.28. The van der Waals surface area contributed by atoms with Crippen molar-refractivity contribution in [3.8, 4) is 0 Å². The lowest BCUT2D eigenvalue weighted by Crippen LogP contribution is -2.51. The third kappa shape index (κ3) is 3.85. The van der Waals surface area contributed by atoms with E-state index < -0.39 is 14.6 Å². The molecule has 0 saturated carbocycles. The van der Waals surface area contributed by atoms with E-state index in [9.17, 15) is 8.42 Å². The standard InChI is InChI=1S/C13H19Cl2NO2S/c1-13(2,19(4,17)18)12(16-3)8-9-5-6-10(14)11(15)7-9/h5-7,12,16H,8H2,1-4H3. The van der Waals surface area contributed by atoms with Crippen molar-refractivity contribution < 1.29 is 8.42 Å². The molecule has 108 valence electrons. The number of sulfone groups is 1. The van der Waals surface area contributed by atoms with Crippen molar-refractivity contribution in [3.63, 3.8) is 0 Å². The molecule has 0 bridgehead atoms. The first kappa shape index (κ1) is 16.8. The number of likely N-dealkylation sites (N-methyl/N-ethyl adjacent to an activating group) is 1. The molecule has 0 spiro atoms. The lowest BCUT2D eigenvalue weighted by Gasteiger charge is -2.32. The van der Waals surface area contributed by atoms with Gasteiger partial charge in [-0.25, -0.2) is 8.42 Å². The Labute approximate surface area is 125 Å². The second-order valence-corrected chi connectivity index (χ2v) is 8.58. The summed E-state index contributed by atoms with van der Waals surface area (Å²) in [6.07, 6.45) is 1.82. The molecule has 0 aliphatic heterocycles. The van der Waals surface area contributed by atoms with Gasteiger partial charge in [0, 0.05) is 12.3 Å². The van der Waals surface area contributed by atoms with Crippen LogP contribution in [0.25, 0.3) is 0 Å². The van der Waals surface area contributed by atoms with E-state index in [4.69, 9.17) is 23.2 Å². The summed E-state index contributed by atoms with van der Waals surface area (Å²) in [6, 6.07) is 5.14. The van der Waals surface area contributed by atoms with Crippen molar-refractivity contribution in [2.75, 3.05) is 13.3 Å². The molecule has 0 aliphatic carbocycles. The van der Waals surface area contributed by atoms with Crippen molar-refractivity contribution in [1.82, 2.24) is 5.32 Å². The molecule has 1 unspecified atom stereocenters. The zero-order chi connectivity index (χ0) is 14.8. The summed E-state index contributed by atoms with van der Waals surface area (Å²) < 4.78 is 22.9. The number of benzene rings is 1. The van der Waals surface area contributed by atoms with Gasteiger partial charge in [-0.1, -0.05) is 29.3 Å². The number of hydrogen-bond donors (Lipinski definition) is 1. The van der Waals surface area contributed by atoms with Crippen LogP contribution in [-0.2, 0) is 16.3 Å². The molecule has 0 radical (unpaired) electrons. The highest BCUT2D eigenvalue weighted by Gasteiger charge is 2.38. The van der Waals surface area contributed by atoms with Crippen LogP contribution >= 0.6 is 23.2 Å². The summed E-state index contributed by atoms with van der Waals surface area (Å²) in [7, 11) is -1.41. The van der Waals surface area contributed by atoms with Crippen LogP contribution in [0.1, 0.15) is 19.4 Å². The first-order valence-electron chi connectivity index (χ1n) is 5.90. The molecular formula is C13H19Cl2NO2S. The first-order chi connectivity index (χ1) is 8.59. The third-order valence-electron chi connectivity index (χ3n) is 3.57. The van der Waals surface area contributed by atoms with Crippen LogP contribution in [0.4, 0.5) is 0 Å². The molecule has 0 saturated heterocycles. The molecule has 0 aromatic heterocycles. The maximum atomic E-state index is 11.9. The van der Waals surface area contributed by atoms with Crippen LogP contribution in [0.5, 0.6) is 0 Å². The minimum Gasteiger partial charge on any atom is -0.315 e. The van der Waals surface area contributed by atoms with Crippen LogP contribution < -0.4 is 5.32 Å². The summed E-state index contributed by atoms with van der Waals surface area (Å²) >= 11 is 11.8. The number of nitrogens with one attached hydrogen (secondary N) is 1. The van der Waals surface area contributed by atoms with Crippen molar-refractivity contribution in [3.05, 3.63) is 33.8 Å². The number of hydrogen-bond acceptors (Lipinski definition) is 3. The molecule has 1 atom stereocenters. The Morgan fingerprint density at radius 1 is 1.26 bits per heavy atom. The Hall–Kier alpha value is -0.290. The van der Waals surface area contributed by atoms with Gasteiger partial charge in [0.15, 0.2) is 9.84 Å². The fraction of sp³-hybridized carbons (Fsp3) is 0.538. The summed E-state index contributed by atoms with van der Waals surface area (Å²) in [5.41, 5.74) is 0.950. The fourth-order valence-electron chi connectivity index (χ4n) is 1.86. The van der Waals surface area contributed by atoms with Crippen LogP contribution in [0.2, 0.25) is 10.0 Å². The highest BCUT2D eigenvalue weighted by molar-refractivity contribution is 7.92. The molecule has 1 rings (SSSR count). The molecular weight excluding hydrogens is 305 g/mol. The van der Waals surface area contributed by atoms with Gasteiger partial charge in [0.25, 0.3) is 0 Å². The highest BCUT2D eigenvalue weighted by atomic mass is 35.5. The predicted octanol–water partition coefficient (Wildman–Crippen LogP) is 2.95. The lowest BCUT2D eigenvalue weighted by atomic mass is 9.96. The Morgan fingerprint density at radius 3 is 2.26 bits per heavy atom. The van der Waals surface area contributed by atoms with Gasteiger partial charge < -0.3 is 5.32 Å². The maximum absolute atomic E-state index is 11.9. The van der Waals surface area contributed by atoms with Crippen LogP contribution in [0.15, 0.2) is 18.2 Å². The largest absolute Gasteiger partial charge is 0.315 e. The van der Waals surface area contributed by atoms with Crippen LogP contribution in [0, 0.1) is 0 Å². The van der Waals surface area contributed by atoms with Gasteiger partial charge in [-0.2, -0.15) is 0 Å². The van der Waals surface area contributed by atoms with E-state index in [0.29, 0.717) is 16.5 Å². The molecule has 6 heteroatoms. The van der Waals surface area contributed by atoms with Gasteiger partial charge in [0.05, 0.1) is 14.8 Å². The molecule has 3 nitrogen and oxygen atoms in total. The molecule has 0 aliphatic rings. The van der Waals surface area contributed by atoms with Gasteiger partial charge in [-0.3, -0.25) is 0 Å². The molecule has 1 N–H and O–H groups in total. The normalized spacial score (nSPS) is 14.4. The van der Waals surface area contributed by atoms with E-state index in [1.807, 2.05) is 6.07 Å². The zero-order valence-electron chi connectivity index (χ0n) is 11.5. The number of rotatable bonds is 5. The van der Waals surface area contributed by atoms with Crippen molar-refractivity contribution in [1.29, 1.82) is 0 Å². The Bertz CT molecular complexity index is 556. The summed E-state index contributed by atoms with van der Waals surface area (Å²) in [5.74, 6) is 0. The molecule has 19 heavy (non-hydrogen) atoms. The molecule has 0 amide bonds. The summed E-state index contributed by atoms with van der Waals surface area (Å²) in [6.45, 7) is 3.45. The maximum Gasteiger partial charge on any atom is 0.154 e. The average molecular weight is 324 g/mol. The zero-order valence-corrected chi connectivity index (χ0v) is 13.8. The van der Waals surface area contributed by atoms with E-state index >= 15 is 0 Å². The molecule has 1 aromatic rings. The highest BCUT2D eigenvalue weighted by Crippen LogP contribution is 2.26. The topological polar surface area (TPSA) is 46.2 Å². The van der Waals surface area contributed by atoms with Crippen molar-refractivity contribution in [2.24, 2.45) is 0 Å². The Balaban J connectivity index is 3.03.